The number of fused-ring (bicyclic) bond motifs is 2. The van der Waals surface area contributed by atoms with Gasteiger partial charge in [0.05, 0.1) is 45.2 Å². The van der Waals surface area contributed by atoms with E-state index in [2.05, 4.69) is 264 Å². The largest absolute Gasteiger partial charge is 0.507 e. The quantitative estimate of drug-likeness (QED) is 0.173. The lowest BCUT2D eigenvalue weighted by molar-refractivity contribution is 0.446. The van der Waals surface area contributed by atoms with Crippen LogP contribution >= 0.6 is 0 Å². The van der Waals surface area contributed by atoms with Gasteiger partial charge in [-0.3, -0.25) is 14.1 Å². The number of phenolic OH excluding ortho intramolecular Hbond substituents is 1. The SMILES string of the molecule is CC(C)(C)c1cc(-c2cccc3c2nc(-c2cc(C(C)(C)C)cc(C(C)(C)C)c2O)n3-c2ccc(C(C)(C)C)cc2-c2ccccc2)cc(-c2nc3ccncc3n2-c2ccc(C(C)(C)C)cc2-c2ccccc2)c1. The summed E-state index contributed by atoms with van der Waals surface area (Å²) >= 11 is 0. The van der Waals surface area contributed by atoms with Crippen LogP contribution in [0.5, 0.6) is 5.75 Å². The number of aromatic nitrogens is 5. The number of rotatable bonds is 7. The molecule has 10 aromatic rings. The summed E-state index contributed by atoms with van der Waals surface area (Å²) in [7, 11) is 0. The van der Waals surface area contributed by atoms with Crippen LogP contribution in [0.3, 0.4) is 0 Å². The molecule has 3 aromatic heterocycles. The summed E-state index contributed by atoms with van der Waals surface area (Å²) < 4.78 is 4.61. The Balaban J connectivity index is 1.30. The molecule has 0 saturated heterocycles. The van der Waals surface area contributed by atoms with Crippen molar-refractivity contribution in [1.29, 1.82) is 0 Å². The van der Waals surface area contributed by atoms with Crippen LogP contribution in [-0.2, 0) is 27.1 Å². The second-order valence-electron chi connectivity index (χ2n) is 25.7. The molecular formula is C69H73N5O. The first-order chi connectivity index (χ1) is 35.3. The van der Waals surface area contributed by atoms with Gasteiger partial charge in [-0.15, -0.1) is 0 Å². The molecule has 0 aliphatic carbocycles. The molecule has 0 radical (unpaired) electrons. The fourth-order valence-corrected chi connectivity index (χ4v) is 10.4. The van der Waals surface area contributed by atoms with Crippen molar-refractivity contribution in [2.24, 2.45) is 0 Å². The molecular weight excluding hydrogens is 915 g/mol. The number of para-hydroxylation sites is 1. The number of nitrogens with zero attached hydrogens (tertiary/aromatic N) is 5. The number of hydrogen-bond donors (Lipinski definition) is 1. The van der Waals surface area contributed by atoms with E-state index in [-0.39, 0.29) is 32.8 Å². The Morgan fingerprint density at radius 3 is 1.41 bits per heavy atom. The van der Waals surface area contributed by atoms with E-state index in [9.17, 15) is 5.11 Å². The normalized spacial score (nSPS) is 12.8. The first-order valence-corrected chi connectivity index (χ1v) is 26.6. The molecule has 10 rings (SSSR count). The summed E-state index contributed by atoms with van der Waals surface area (Å²) in [6.45, 7) is 33.7. The molecule has 0 saturated carbocycles. The van der Waals surface area contributed by atoms with E-state index in [1.54, 1.807) is 0 Å². The number of aromatic hydroxyl groups is 1. The average Bonchev–Trinajstić information content (AvgIpc) is 3.94. The van der Waals surface area contributed by atoms with Gasteiger partial charge < -0.3 is 5.11 Å². The van der Waals surface area contributed by atoms with Gasteiger partial charge in [-0.1, -0.05) is 201 Å². The third kappa shape index (κ3) is 9.61. The lowest BCUT2D eigenvalue weighted by Crippen LogP contribution is -2.17. The van der Waals surface area contributed by atoms with Gasteiger partial charge in [0.2, 0.25) is 0 Å². The van der Waals surface area contributed by atoms with E-state index >= 15 is 0 Å². The summed E-state index contributed by atoms with van der Waals surface area (Å²) in [6.07, 6.45) is 3.77. The summed E-state index contributed by atoms with van der Waals surface area (Å²) in [5.41, 5.74) is 18.5. The van der Waals surface area contributed by atoms with Gasteiger partial charge in [0.15, 0.2) is 0 Å². The van der Waals surface area contributed by atoms with Crippen LogP contribution in [0.15, 0.2) is 164 Å². The van der Waals surface area contributed by atoms with Gasteiger partial charge in [-0.25, -0.2) is 9.97 Å². The highest BCUT2D eigenvalue weighted by Crippen LogP contribution is 2.47. The van der Waals surface area contributed by atoms with E-state index in [1.165, 1.54) is 16.7 Å². The number of imidazole rings is 2. The van der Waals surface area contributed by atoms with Gasteiger partial charge in [-0.2, -0.15) is 0 Å². The summed E-state index contributed by atoms with van der Waals surface area (Å²) in [5.74, 6) is 1.76. The van der Waals surface area contributed by atoms with Gasteiger partial charge in [0.1, 0.15) is 17.4 Å². The zero-order valence-electron chi connectivity index (χ0n) is 46.8. The molecule has 7 aromatic carbocycles. The van der Waals surface area contributed by atoms with E-state index in [1.807, 2.05) is 18.5 Å². The molecule has 6 heteroatoms. The number of hydrogen-bond acceptors (Lipinski definition) is 4. The Hall–Kier alpha value is -7.57. The molecule has 0 spiro atoms. The van der Waals surface area contributed by atoms with Crippen LogP contribution in [0, 0.1) is 0 Å². The minimum atomic E-state index is -0.349. The van der Waals surface area contributed by atoms with Crippen LogP contribution in [0.4, 0.5) is 0 Å². The van der Waals surface area contributed by atoms with Crippen LogP contribution in [0.2, 0.25) is 0 Å². The zero-order valence-corrected chi connectivity index (χ0v) is 46.8. The third-order valence-corrected chi connectivity index (χ3v) is 14.9. The van der Waals surface area contributed by atoms with Gasteiger partial charge in [0.25, 0.3) is 0 Å². The van der Waals surface area contributed by atoms with E-state index in [0.717, 1.165) is 89.3 Å². The maximum absolute atomic E-state index is 12.7. The van der Waals surface area contributed by atoms with Gasteiger partial charge in [-0.05, 0) is 121 Å². The van der Waals surface area contributed by atoms with Gasteiger partial charge in [0, 0.05) is 34.0 Å². The summed E-state index contributed by atoms with van der Waals surface area (Å²) in [5, 5.41) is 12.7. The van der Waals surface area contributed by atoms with Gasteiger partial charge >= 0.3 is 0 Å². The zero-order chi connectivity index (χ0) is 53.6. The van der Waals surface area contributed by atoms with Crippen molar-refractivity contribution in [2.75, 3.05) is 0 Å². The van der Waals surface area contributed by atoms with Crippen molar-refractivity contribution in [1.82, 2.24) is 24.1 Å². The second kappa shape index (κ2) is 18.4. The Morgan fingerprint density at radius 1 is 0.373 bits per heavy atom. The van der Waals surface area contributed by atoms with Crippen molar-refractivity contribution < 1.29 is 5.11 Å². The first kappa shape index (κ1) is 50.9. The standard InChI is InChI=1S/C69H73N5O/c1-65(2,3)47-29-31-57(52(38-47)43-23-18-16-19-24-43)73-59-28-22-27-51(61(59)72-64(73)54-40-50(68(10,11)12)41-55(62(54)75)69(13,14)15)45-35-46(37-49(36-45)67(7,8)9)63-71-56-33-34-70-42-60(56)74(63)58-32-30-48(66(4,5)6)39-53(58)44-25-20-17-21-26-44/h16-42,75H,1-15H3. The second-order valence-corrected chi connectivity index (χ2v) is 25.7. The van der Waals surface area contributed by atoms with Crippen molar-refractivity contribution in [3.8, 4) is 73.3 Å². The molecule has 0 fully saturated rings. The lowest BCUT2D eigenvalue weighted by atomic mass is 9.79. The molecule has 1 N–H and O–H groups in total. The highest BCUT2D eigenvalue weighted by atomic mass is 16.3. The van der Waals surface area contributed by atoms with Crippen LogP contribution in [0.1, 0.15) is 132 Å². The minimum Gasteiger partial charge on any atom is -0.507 e. The smallest absolute Gasteiger partial charge is 0.149 e. The fraction of sp³-hybridized carbons (Fsp3) is 0.290. The summed E-state index contributed by atoms with van der Waals surface area (Å²) in [4.78, 5) is 16.0. The predicted molar refractivity (Wildman–Crippen MR) is 316 cm³/mol. The highest BCUT2D eigenvalue weighted by molar-refractivity contribution is 5.98. The molecule has 0 amide bonds. The monoisotopic (exact) mass is 988 g/mol. The van der Waals surface area contributed by atoms with E-state index < -0.39 is 0 Å². The molecule has 0 bridgehead atoms. The highest BCUT2D eigenvalue weighted by Gasteiger charge is 2.31. The van der Waals surface area contributed by atoms with Crippen LogP contribution < -0.4 is 0 Å². The summed E-state index contributed by atoms with van der Waals surface area (Å²) in [6, 6.07) is 54.9. The van der Waals surface area contributed by atoms with E-state index in [0.29, 0.717) is 11.4 Å². The average molecular weight is 988 g/mol. The van der Waals surface area contributed by atoms with Crippen molar-refractivity contribution in [2.45, 2.75) is 131 Å². The molecule has 6 nitrogen and oxygen atoms in total. The molecule has 0 aliphatic rings. The maximum Gasteiger partial charge on any atom is 0.149 e. The number of phenols is 1. The predicted octanol–water partition coefficient (Wildman–Crippen LogP) is 18.3. The Bertz CT molecular complexity index is 3780. The number of benzene rings is 7. The molecule has 3 heterocycles. The molecule has 0 atom stereocenters. The van der Waals surface area contributed by atoms with E-state index in [4.69, 9.17) is 9.97 Å². The third-order valence-electron chi connectivity index (χ3n) is 14.9. The van der Waals surface area contributed by atoms with Crippen molar-refractivity contribution in [3.63, 3.8) is 0 Å². The molecule has 0 unspecified atom stereocenters. The maximum atomic E-state index is 12.7. The number of pyridine rings is 1. The van der Waals surface area contributed by atoms with Crippen molar-refractivity contribution >= 4 is 22.1 Å². The van der Waals surface area contributed by atoms with Crippen LogP contribution in [0.25, 0.3) is 89.6 Å². The van der Waals surface area contributed by atoms with Crippen LogP contribution in [-0.4, -0.2) is 29.2 Å². The topological polar surface area (TPSA) is 68.8 Å². The first-order valence-electron chi connectivity index (χ1n) is 26.6. The Labute approximate surface area is 445 Å². The minimum absolute atomic E-state index is 0.0602. The fourth-order valence-electron chi connectivity index (χ4n) is 10.4. The lowest BCUT2D eigenvalue weighted by Gasteiger charge is -2.28. The Kier molecular flexibility index (Phi) is 12.5. The molecule has 75 heavy (non-hydrogen) atoms. The Morgan fingerprint density at radius 2 is 0.880 bits per heavy atom. The molecule has 0 aliphatic heterocycles. The van der Waals surface area contributed by atoms with Crippen molar-refractivity contribution in [3.05, 3.63) is 192 Å². The molecule has 380 valence electrons.